The SMILES string of the molecule is O=C(NCCCNCc1cccc2c1CNCC2)OC(C(F)(F)F)C(F)(F)F. The molecule has 0 bridgehead atoms. The zero-order valence-corrected chi connectivity index (χ0v) is 14.8. The first-order valence-electron chi connectivity index (χ1n) is 8.68. The van der Waals surface area contributed by atoms with E-state index in [9.17, 15) is 31.1 Å². The van der Waals surface area contributed by atoms with Crippen molar-refractivity contribution in [3.05, 3.63) is 34.9 Å². The maximum Gasteiger partial charge on any atom is 0.434 e. The van der Waals surface area contributed by atoms with Crippen LogP contribution in [0.25, 0.3) is 0 Å². The van der Waals surface area contributed by atoms with Gasteiger partial charge in [0.05, 0.1) is 0 Å². The molecule has 0 atom stereocenters. The molecule has 158 valence electrons. The second-order valence-corrected chi connectivity index (χ2v) is 6.31. The lowest BCUT2D eigenvalue weighted by atomic mass is 9.96. The molecule has 0 unspecified atom stereocenters. The van der Waals surface area contributed by atoms with Crippen LogP contribution in [-0.4, -0.2) is 44.2 Å². The van der Waals surface area contributed by atoms with Crippen LogP contribution >= 0.6 is 0 Å². The molecule has 1 aliphatic heterocycles. The Bertz CT molecular complexity index is 649. The van der Waals surface area contributed by atoms with Crippen LogP contribution in [0.1, 0.15) is 23.1 Å². The Labute approximate surface area is 157 Å². The maximum atomic E-state index is 12.3. The van der Waals surface area contributed by atoms with Crippen LogP contribution in [0.15, 0.2) is 18.2 Å². The molecule has 1 aliphatic rings. The van der Waals surface area contributed by atoms with Gasteiger partial charge in [-0.3, -0.25) is 0 Å². The summed E-state index contributed by atoms with van der Waals surface area (Å²) in [4.78, 5) is 11.2. The van der Waals surface area contributed by atoms with Crippen LogP contribution in [0.2, 0.25) is 0 Å². The zero-order valence-electron chi connectivity index (χ0n) is 14.8. The Hall–Kier alpha value is -2.01. The Morgan fingerprint density at radius 2 is 1.86 bits per heavy atom. The van der Waals surface area contributed by atoms with Crippen molar-refractivity contribution in [3.63, 3.8) is 0 Å². The van der Waals surface area contributed by atoms with E-state index in [0.29, 0.717) is 19.5 Å². The minimum atomic E-state index is -5.72. The molecule has 5 nitrogen and oxygen atoms in total. The largest absolute Gasteiger partial charge is 0.434 e. The highest BCUT2D eigenvalue weighted by Gasteiger charge is 2.59. The monoisotopic (exact) mass is 413 g/mol. The fourth-order valence-electron chi connectivity index (χ4n) is 2.85. The molecule has 0 fully saturated rings. The minimum absolute atomic E-state index is 0.122. The average Bonchev–Trinajstić information content (AvgIpc) is 2.60. The number of rotatable bonds is 7. The molecular formula is C17H21F6N3O2. The van der Waals surface area contributed by atoms with Crippen molar-refractivity contribution in [3.8, 4) is 0 Å². The summed E-state index contributed by atoms with van der Waals surface area (Å²) < 4.78 is 77.3. The fourth-order valence-corrected chi connectivity index (χ4v) is 2.85. The quantitative estimate of drug-likeness (QED) is 0.475. The standard InChI is InChI=1S/C17H21F6N3O2/c18-16(19,20)14(17(21,22)23)28-15(27)26-7-2-6-24-9-12-4-1-3-11-5-8-25-10-13(11)12/h1,3-4,14,24-25H,2,5-10H2,(H,26,27). The fraction of sp³-hybridized carbons (Fsp3) is 0.588. The Balaban J connectivity index is 1.69. The van der Waals surface area contributed by atoms with Crippen LogP contribution < -0.4 is 16.0 Å². The second kappa shape index (κ2) is 9.46. The first kappa shape index (κ1) is 22.3. The lowest BCUT2D eigenvalue weighted by molar-refractivity contribution is -0.306. The molecular weight excluding hydrogens is 392 g/mol. The number of nitrogens with one attached hydrogen (secondary N) is 3. The highest BCUT2D eigenvalue weighted by molar-refractivity contribution is 5.67. The van der Waals surface area contributed by atoms with Crippen LogP contribution in [0.4, 0.5) is 31.1 Å². The van der Waals surface area contributed by atoms with Gasteiger partial charge in [-0.25, -0.2) is 4.79 Å². The Morgan fingerprint density at radius 1 is 1.14 bits per heavy atom. The molecule has 2 rings (SSSR count). The molecule has 1 heterocycles. The van der Waals surface area contributed by atoms with Gasteiger partial charge in [-0.15, -0.1) is 0 Å². The third kappa shape index (κ3) is 6.55. The molecule has 11 heteroatoms. The van der Waals surface area contributed by atoms with Gasteiger partial charge in [0, 0.05) is 19.6 Å². The summed E-state index contributed by atoms with van der Waals surface area (Å²) in [7, 11) is 0. The number of fused-ring (bicyclic) bond motifs is 1. The molecule has 28 heavy (non-hydrogen) atoms. The number of benzene rings is 1. The van der Waals surface area contributed by atoms with Crippen molar-refractivity contribution in [1.29, 1.82) is 0 Å². The molecule has 0 spiro atoms. The van der Waals surface area contributed by atoms with Crippen molar-refractivity contribution in [2.45, 2.75) is 44.4 Å². The third-order valence-corrected chi connectivity index (χ3v) is 4.18. The van der Waals surface area contributed by atoms with Crippen LogP contribution in [-0.2, 0) is 24.2 Å². The molecule has 0 saturated heterocycles. The third-order valence-electron chi connectivity index (χ3n) is 4.18. The number of hydrogen-bond acceptors (Lipinski definition) is 4. The molecule has 1 amide bonds. The van der Waals surface area contributed by atoms with Crippen molar-refractivity contribution in [2.24, 2.45) is 0 Å². The number of ether oxygens (including phenoxy) is 1. The van der Waals surface area contributed by atoms with Crippen molar-refractivity contribution < 1.29 is 35.9 Å². The van der Waals surface area contributed by atoms with Gasteiger partial charge < -0.3 is 20.7 Å². The number of alkyl halides is 6. The predicted octanol–water partition coefficient (Wildman–Crippen LogP) is 3.03. The van der Waals surface area contributed by atoms with E-state index >= 15 is 0 Å². The number of carbonyl (C=O) groups excluding carboxylic acids is 1. The average molecular weight is 413 g/mol. The van der Waals surface area contributed by atoms with Gasteiger partial charge in [0.1, 0.15) is 0 Å². The molecule has 1 aromatic rings. The molecule has 0 saturated carbocycles. The second-order valence-electron chi connectivity index (χ2n) is 6.31. The number of alkyl carbamates (subject to hydrolysis) is 1. The van der Waals surface area contributed by atoms with E-state index in [2.05, 4.69) is 21.4 Å². The zero-order chi connectivity index (χ0) is 20.8. The number of halogens is 6. The van der Waals surface area contributed by atoms with Gasteiger partial charge in [0.2, 0.25) is 0 Å². The molecule has 0 aromatic heterocycles. The van der Waals surface area contributed by atoms with Gasteiger partial charge in [-0.1, -0.05) is 18.2 Å². The lowest BCUT2D eigenvalue weighted by Crippen LogP contribution is -2.47. The van der Waals surface area contributed by atoms with Crippen LogP contribution in [0.5, 0.6) is 0 Å². The summed E-state index contributed by atoms with van der Waals surface area (Å²) in [5.74, 6) is 0. The van der Waals surface area contributed by atoms with E-state index in [1.165, 1.54) is 11.1 Å². The van der Waals surface area contributed by atoms with Gasteiger partial charge in [0.15, 0.2) is 0 Å². The van der Waals surface area contributed by atoms with Crippen LogP contribution in [0, 0.1) is 0 Å². The number of amides is 1. The van der Waals surface area contributed by atoms with Crippen molar-refractivity contribution >= 4 is 6.09 Å². The normalized spacial score (nSPS) is 14.7. The molecule has 0 aliphatic carbocycles. The summed E-state index contributed by atoms with van der Waals surface area (Å²) in [5, 5.41) is 8.32. The van der Waals surface area contributed by atoms with E-state index in [0.717, 1.165) is 25.1 Å². The first-order chi connectivity index (χ1) is 13.1. The number of carbonyl (C=O) groups is 1. The van der Waals surface area contributed by atoms with E-state index in [-0.39, 0.29) is 6.54 Å². The summed E-state index contributed by atoms with van der Waals surface area (Å²) in [5.41, 5.74) is 3.63. The summed E-state index contributed by atoms with van der Waals surface area (Å²) in [6, 6.07) is 6.03. The number of hydrogen-bond donors (Lipinski definition) is 3. The van der Waals surface area contributed by atoms with E-state index in [1.54, 1.807) is 0 Å². The van der Waals surface area contributed by atoms with Crippen LogP contribution in [0.3, 0.4) is 0 Å². The lowest BCUT2D eigenvalue weighted by Gasteiger charge is -2.22. The minimum Gasteiger partial charge on any atom is -0.427 e. The van der Waals surface area contributed by atoms with Gasteiger partial charge >= 0.3 is 18.4 Å². The van der Waals surface area contributed by atoms with E-state index in [4.69, 9.17) is 0 Å². The van der Waals surface area contributed by atoms with E-state index < -0.39 is 24.5 Å². The summed E-state index contributed by atoms with van der Waals surface area (Å²) in [6.45, 7) is 2.57. The summed E-state index contributed by atoms with van der Waals surface area (Å²) >= 11 is 0. The van der Waals surface area contributed by atoms with Gasteiger partial charge in [-0.05, 0) is 42.6 Å². The van der Waals surface area contributed by atoms with Gasteiger partial charge in [-0.2, -0.15) is 26.3 Å². The summed E-state index contributed by atoms with van der Waals surface area (Å²) in [6.07, 6.45) is -16.1. The van der Waals surface area contributed by atoms with E-state index in [1.807, 2.05) is 17.4 Å². The Morgan fingerprint density at radius 3 is 2.54 bits per heavy atom. The topological polar surface area (TPSA) is 62.4 Å². The highest BCUT2D eigenvalue weighted by Crippen LogP contribution is 2.35. The van der Waals surface area contributed by atoms with Gasteiger partial charge in [0.25, 0.3) is 6.10 Å². The van der Waals surface area contributed by atoms with Crippen molar-refractivity contribution in [1.82, 2.24) is 16.0 Å². The maximum absolute atomic E-state index is 12.3. The Kier molecular flexibility index (Phi) is 7.53. The molecule has 3 N–H and O–H groups in total. The first-order valence-corrected chi connectivity index (χ1v) is 8.68. The smallest absolute Gasteiger partial charge is 0.427 e. The van der Waals surface area contributed by atoms with Crippen molar-refractivity contribution in [2.75, 3.05) is 19.6 Å². The molecule has 1 aromatic carbocycles. The predicted molar refractivity (Wildman–Crippen MR) is 88.6 cm³/mol. The molecule has 0 radical (unpaired) electrons. The highest BCUT2D eigenvalue weighted by atomic mass is 19.4.